The van der Waals surface area contributed by atoms with Gasteiger partial charge in [-0.2, -0.15) is 0 Å². The molecule has 2 fully saturated rings. The van der Waals surface area contributed by atoms with E-state index in [2.05, 4.69) is 24.1 Å². The van der Waals surface area contributed by atoms with Crippen molar-refractivity contribution < 1.29 is 9.53 Å². The molecule has 1 N–H and O–H groups in total. The van der Waals surface area contributed by atoms with Gasteiger partial charge in [-0.1, -0.05) is 20.3 Å². The van der Waals surface area contributed by atoms with Crippen LogP contribution in [0.4, 0.5) is 0 Å². The van der Waals surface area contributed by atoms with Crippen LogP contribution in [0.3, 0.4) is 0 Å². The first-order valence-electron chi connectivity index (χ1n) is 6.84. The van der Waals surface area contributed by atoms with Crippen molar-refractivity contribution in [3.63, 3.8) is 0 Å². The van der Waals surface area contributed by atoms with Crippen molar-refractivity contribution in [1.82, 2.24) is 10.2 Å². The molecular formula is C13H24N2O2. The number of hydrogen-bond acceptors (Lipinski definition) is 3. The van der Waals surface area contributed by atoms with Crippen LogP contribution in [0.25, 0.3) is 0 Å². The Bertz CT molecular complexity index is 260. The van der Waals surface area contributed by atoms with E-state index in [1.165, 1.54) is 0 Å². The molecule has 0 aromatic rings. The molecule has 2 aliphatic heterocycles. The third-order valence-corrected chi connectivity index (χ3v) is 3.85. The number of nitrogens with one attached hydrogen (secondary N) is 1. The summed E-state index contributed by atoms with van der Waals surface area (Å²) in [4.78, 5) is 14.6. The van der Waals surface area contributed by atoms with Crippen LogP contribution in [0.15, 0.2) is 0 Å². The van der Waals surface area contributed by atoms with Crippen LogP contribution in [0, 0.1) is 5.92 Å². The van der Waals surface area contributed by atoms with Gasteiger partial charge < -0.3 is 15.0 Å². The molecule has 0 bridgehead atoms. The zero-order chi connectivity index (χ0) is 12.3. The fourth-order valence-corrected chi connectivity index (χ4v) is 2.68. The number of hydrogen-bond donors (Lipinski definition) is 1. The van der Waals surface area contributed by atoms with Gasteiger partial charge in [0.25, 0.3) is 0 Å². The first-order valence-corrected chi connectivity index (χ1v) is 6.84. The smallest absolute Gasteiger partial charge is 0.226 e. The van der Waals surface area contributed by atoms with Crippen molar-refractivity contribution in [2.75, 3.05) is 26.3 Å². The Kier molecular flexibility index (Phi) is 4.40. The van der Waals surface area contributed by atoms with E-state index in [9.17, 15) is 4.79 Å². The van der Waals surface area contributed by atoms with Gasteiger partial charge in [0.15, 0.2) is 0 Å². The van der Waals surface area contributed by atoms with Crippen LogP contribution in [0.1, 0.15) is 33.1 Å². The van der Waals surface area contributed by atoms with Crippen LogP contribution < -0.4 is 5.32 Å². The lowest BCUT2D eigenvalue weighted by Gasteiger charge is -2.42. The predicted octanol–water partition coefficient (Wildman–Crippen LogP) is 1.01. The number of rotatable bonds is 5. The molecule has 1 amide bonds. The summed E-state index contributed by atoms with van der Waals surface area (Å²) < 4.78 is 5.43. The number of nitrogens with zero attached hydrogens (tertiary/aromatic N) is 1. The number of carbonyl (C=O) groups excluding carboxylic acids is 1. The third kappa shape index (κ3) is 2.80. The maximum atomic E-state index is 12.5. The minimum atomic E-state index is 0.154. The summed E-state index contributed by atoms with van der Waals surface area (Å²) >= 11 is 0. The van der Waals surface area contributed by atoms with Crippen molar-refractivity contribution >= 4 is 5.91 Å². The highest BCUT2D eigenvalue weighted by atomic mass is 16.5. The molecule has 2 saturated heterocycles. The van der Waals surface area contributed by atoms with Gasteiger partial charge in [0, 0.05) is 25.6 Å². The molecule has 4 nitrogen and oxygen atoms in total. The second-order valence-corrected chi connectivity index (χ2v) is 5.26. The van der Waals surface area contributed by atoms with Crippen molar-refractivity contribution in [1.29, 1.82) is 0 Å². The molecule has 2 unspecified atom stereocenters. The van der Waals surface area contributed by atoms with E-state index in [4.69, 9.17) is 4.74 Å². The van der Waals surface area contributed by atoms with Crippen LogP contribution in [0.2, 0.25) is 0 Å². The lowest BCUT2D eigenvalue weighted by molar-refractivity contribution is -0.141. The summed E-state index contributed by atoms with van der Waals surface area (Å²) in [6.45, 7) is 7.61. The Morgan fingerprint density at radius 1 is 1.47 bits per heavy atom. The highest BCUT2D eigenvalue weighted by molar-refractivity contribution is 5.79. The Labute approximate surface area is 104 Å². The lowest BCUT2D eigenvalue weighted by atomic mass is 9.99. The topological polar surface area (TPSA) is 41.6 Å². The maximum Gasteiger partial charge on any atom is 0.226 e. The second-order valence-electron chi connectivity index (χ2n) is 5.26. The number of amides is 1. The molecule has 2 aliphatic rings. The number of carbonyl (C=O) groups is 1. The molecular weight excluding hydrogens is 216 g/mol. The zero-order valence-electron chi connectivity index (χ0n) is 10.9. The van der Waals surface area contributed by atoms with Gasteiger partial charge in [0.05, 0.1) is 18.7 Å². The molecule has 98 valence electrons. The van der Waals surface area contributed by atoms with E-state index in [1.807, 2.05) is 0 Å². The van der Waals surface area contributed by atoms with E-state index in [-0.39, 0.29) is 5.92 Å². The first kappa shape index (κ1) is 12.8. The van der Waals surface area contributed by atoms with Gasteiger partial charge in [0.2, 0.25) is 5.91 Å². The predicted molar refractivity (Wildman–Crippen MR) is 66.8 cm³/mol. The summed E-state index contributed by atoms with van der Waals surface area (Å²) in [7, 11) is 0. The van der Waals surface area contributed by atoms with Crippen molar-refractivity contribution in [3.05, 3.63) is 0 Å². The van der Waals surface area contributed by atoms with Gasteiger partial charge in [-0.05, 0) is 12.8 Å². The molecule has 2 heterocycles. The molecule has 0 radical (unpaired) electrons. The van der Waals surface area contributed by atoms with Gasteiger partial charge in [-0.3, -0.25) is 4.79 Å². The van der Waals surface area contributed by atoms with Gasteiger partial charge in [-0.25, -0.2) is 0 Å². The molecule has 0 spiro atoms. The minimum Gasteiger partial charge on any atom is -0.379 e. The molecule has 17 heavy (non-hydrogen) atoms. The van der Waals surface area contributed by atoms with E-state index < -0.39 is 0 Å². The van der Waals surface area contributed by atoms with E-state index in [1.54, 1.807) is 0 Å². The third-order valence-electron chi connectivity index (χ3n) is 3.85. The Morgan fingerprint density at radius 2 is 2.24 bits per heavy atom. The van der Waals surface area contributed by atoms with Crippen molar-refractivity contribution in [2.24, 2.45) is 5.92 Å². The highest BCUT2D eigenvalue weighted by Gasteiger charge is 2.37. The summed E-state index contributed by atoms with van der Waals surface area (Å²) in [5.74, 6) is 0.482. The lowest BCUT2D eigenvalue weighted by Crippen LogP contribution is -2.62. The molecule has 0 aliphatic carbocycles. The standard InChI is InChI=1S/C13H24N2O2/c1-3-4-10(2)13(16)15(12-7-14-8-12)11-5-6-17-9-11/h10-12,14H,3-9H2,1-2H3. The molecule has 2 rings (SSSR count). The first-order chi connectivity index (χ1) is 8.24. The fourth-order valence-electron chi connectivity index (χ4n) is 2.68. The molecule has 0 aromatic carbocycles. The second kappa shape index (κ2) is 5.83. The normalized spacial score (nSPS) is 26.6. The number of ether oxygens (including phenoxy) is 1. The summed E-state index contributed by atoms with van der Waals surface area (Å²) in [5.41, 5.74) is 0. The Balaban J connectivity index is 2.00. The highest BCUT2D eigenvalue weighted by Crippen LogP contribution is 2.22. The zero-order valence-corrected chi connectivity index (χ0v) is 10.9. The van der Waals surface area contributed by atoms with Crippen molar-refractivity contribution in [2.45, 2.75) is 45.2 Å². The van der Waals surface area contributed by atoms with Crippen molar-refractivity contribution in [3.8, 4) is 0 Å². The molecule has 2 atom stereocenters. The summed E-state index contributed by atoms with van der Waals surface area (Å²) in [6, 6.07) is 0.711. The Hall–Kier alpha value is -0.610. The fraction of sp³-hybridized carbons (Fsp3) is 0.923. The summed E-state index contributed by atoms with van der Waals surface area (Å²) in [5, 5.41) is 3.26. The van der Waals surface area contributed by atoms with Crippen LogP contribution in [-0.2, 0) is 9.53 Å². The molecule has 0 aromatic heterocycles. The van der Waals surface area contributed by atoms with E-state index in [0.29, 0.717) is 18.0 Å². The van der Waals surface area contributed by atoms with Gasteiger partial charge in [-0.15, -0.1) is 0 Å². The maximum absolute atomic E-state index is 12.5. The largest absolute Gasteiger partial charge is 0.379 e. The van der Waals surface area contributed by atoms with Crippen LogP contribution in [-0.4, -0.2) is 49.2 Å². The average Bonchev–Trinajstić information content (AvgIpc) is 2.75. The van der Waals surface area contributed by atoms with Crippen LogP contribution >= 0.6 is 0 Å². The monoisotopic (exact) mass is 240 g/mol. The summed E-state index contributed by atoms with van der Waals surface area (Å²) in [6.07, 6.45) is 3.06. The van der Waals surface area contributed by atoms with E-state index >= 15 is 0 Å². The van der Waals surface area contributed by atoms with Gasteiger partial charge >= 0.3 is 0 Å². The van der Waals surface area contributed by atoms with Gasteiger partial charge in [0.1, 0.15) is 0 Å². The molecule has 0 saturated carbocycles. The molecule has 4 heteroatoms. The SMILES string of the molecule is CCCC(C)C(=O)N(C1CNC1)C1CCOC1. The quantitative estimate of drug-likeness (QED) is 0.780. The minimum absolute atomic E-state index is 0.154. The Morgan fingerprint density at radius 3 is 2.71 bits per heavy atom. The van der Waals surface area contributed by atoms with Crippen LogP contribution in [0.5, 0.6) is 0 Å². The average molecular weight is 240 g/mol. The van der Waals surface area contributed by atoms with E-state index in [0.717, 1.165) is 45.6 Å².